The number of carbonyl (C=O) groups excluding carboxylic acids is 1. The van der Waals surface area contributed by atoms with Crippen LogP contribution in [0.15, 0.2) is 5.51 Å². The fraction of sp³-hybridized carbons (Fsp3) is 0.500. The predicted octanol–water partition coefficient (Wildman–Crippen LogP) is 1.41. The van der Waals surface area contributed by atoms with Gasteiger partial charge < -0.3 is 11.1 Å². The van der Waals surface area contributed by atoms with Crippen LogP contribution in [0, 0.1) is 0 Å². The van der Waals surface area contributed by atoms with E-state index in [0.717, 1.165) is 17.1 Å². The van der Waals surface area contributed by atoms with Gasteiger partial charge in [0.25, 0.3) is 0 Å². The second kappa shape index (κ2) is 5.95. The number of aryl methyl sites for hydroxylation is 1. The van der Waals surface area contributed by atoms with Crippen LogP contribution in [0.5, 0.6) is 0 Å². The van der Waals surface area contributed by atoms with Crippen LogP contribution >= 0.6 is 23.7 Å². The number of anilines is 1. The Labute approximate surface area is 93.3 Å². The maximum atomic E-state index is 11.2. The molecular formula is C8H14ClN3OS. The zero-order valence-corrected chi connectivity index (χ0v) is 9.74. The van der Waals surface area contributed by atoms with Crippen molar-refractivity contribution in [3.8, 4) is 0 Å². The number of rotatable bonds is 3. The van der Waals surface area contributed by atoms with Crippen molar-refractivity contribution in [2.24, 2.45) is 5.73 Å². The third-order valence-electron chi connectivity index (χ3n) is 1.63. The Balaban J connectivity index is 0.00000169. The van der Waals surface area contributed by atoms with Gasteiger partial charge in [0.15, 0.2) is 0 Å². The molecule has 0 saturated heterocycles. The minimum absolute atomic E-state index is 0. The number of hydrogen-bond donors (Lipinski definition) is 2. The van der Waals surface area contributed by atoms with E-state index in [1.165, 1.54) is 11.3 Å². The molecular weight excluding hydrogens is 222 g/mol. The van der Waals surface area contributed by atoms with Gasteiger partial charge in [0.1, 0.15) is 5.00 Å². The standard InChI is InChI=1S/C8H13N3OS.ClH/c1-3-6-8(13-4-10-6)11-7(12)5(2)9;/h4-5H,3,9H2,1-2H3,(H,11,12);1H/t5-;/m1./s1. The van der Waals surface area contributed by atoms with E-state index in [1.807, 2.05) is 6.92 Å². The van der Waals surface area contributed by atoms with Crippen LogP contribution in [0.3, 0.4) is 0 Å². The Morgan fingerprint density at radius 3 is 2.93 bits per heavy atom. The number of halogens is 1. The monoisotopic (exact) mass is 235 g/mol. The molecule has 80 valence electrons. The summed E-state index contributed by atoms with van der Waals surface area (Å²) in [5.41, 5.74) is 8.05. The highest BCUT2D eigenvalue weighted by molar-refractivity contribution is 7.14. The quantitative estimate of drug-likeness (QED) is 0.833. The fourth-order valence-electron chi connectivity index (χ4n) is 0.849. The molecule has 0 radical (unpaired) electrons. The van der Waals surface area contributed by atoms with Crippen molar-refractivity contribution in [3.05, 3.63) is 11.2 Å². The lowest BCUT2D eigenvalue weighted by Crippen LogP contribution is -2.32. The number of nitrogens with zero attached hydrogens (tertiary/aromatic N) is 1. The van der Waals surface area contributed by atoms with Crippen molar-refractivity contribution < 1.29 is 4.79 Å². The van der Waals surface area contributed by atoms with Crippen molar-refractivity contribution >= 4 is 34.7 Å². The molecule has 1 rings (SSSR count). The third-order valence-corrected chi connectivity index (χ3v) is 2.41. The first-order valence-corrected chi connectivity index (χ1v) is 5.02. The molecule has 14 heavy (non-hydrogen) atoms. The number of thiazole rings is 1. The van der Waals surface area contributed by atoms with E-state index in [2.05, 4.69) is 10.3 Å². The summed E-state index contributed by atoms with van der Waals surface area (Å²) in [5, 5.41) is 3.54. The van der Waals surface area contributed by atoms with Crippen LogP contribution in [-0.2, 0) is 11.2 Å². The Bertz CT molecular complexity index is 301. The van der Waals surface area contributed by atoms with Gasteiger partial charge in [-0.15, -0.1) is 23.7 Å². The van der Waals surface area contributed by atoms with Gasteiger partial charge in [-0.25, -0.2) is 4.98 Å². The van der Waals surface area contributed by atoms with Crippen LogP contribution in [0.1, 0.15) is 19.5 Å². The molecule has 0 aromatic carbocycles. The summed E-state index contributed by atoms with van der Waals surface area (Å²) in [6.07, 6.45) is 0.818. The van der Waals surface area contributed by atoms with Crippen LogP contribution < -0.4 is 11.1 Å². The number of nitrogens with one attached hydrogen (secondary N) is 1. The lowest BCUT2D eigenvalue weighted by atomic mass is 10.3. The highest BCUT2D eigenvalue weighted by atomic mass is 35.5. The van der Waals surface area contributed by atoms with Crippen molar-refractivity contribution in [1.82, 2.24) is 4.98 Å². The van der Waals surface area contributed by atoms with Gasteiger partial charge in [-0.2, -0.15) is 0 Å². The zero-order chi connectivity index (χ0) is 9.84. The Morgan fingerprint density at radius 2 is 2.43 bits per heavy atom. The van der Waals surface area contributed by atoms with Crippen molar-refractivity contribution in [2.45, 2.75) is 26.3 Å². The molecule has 1 heterocycles. The first-order chi connectivity index (χ1) is 6.15. The van der Waals surface area contributed by atoms with E-state index in [0.29, 0.717) is 0 Å². The Hall–Kier alpha value is -0.650. The fourth-order valence-corrected chi connectivity index (χ4v) is 1.63. The molecule has 1 aromatic rings. The third kappa shape index (κ3) is 3.25. The molecule has 0 aliphatic heterocycles. The zero-order valence-electron chi connectivity index (χ0n) is 8.11. The van der Waals surface area contributed by atoms with Crippen LogP contribution in [-0.4, -0.2) is 16.9 Å². The summed E-state index contributed by atoms with van der Waals surface area (Å²) >= 11 is 1.42. The molecule has 0 spiro atoms. The van der Waals surface area contributed by atoms with E-state index in [1.54, 1.807) is 12.4 Å². The summed E-state index contributed by atoms with van der Waals surface area (Å²) < 4.78 is 0. The van der Waals surface area contributed by atoms with Gasteiger partial charge in [0, 0.05) is 0 Å². The number of aromatic nitrogens is 1. The van der Waals surface area contributed by atoms with Gasteiger partial charge in [-0.05, 0) is 13.3 Å². The number of amides is 1. The summed E-state index contributed by atoms with van der Waals surface area (Å²) in [6.45, 7) is 3.65. The lowest BCUT2D eigenvalue weighted by Gasteiger charge is -2.05. The first-order valence-electron chi connectivity index (χ1n) is 4.14. The number of carbonyl (C=O) groups is 1. The van der Waals surface area contributed by atoms with E-state index in [-0.39, 0.29) is 18.3 Å². The van der Waals surface area contributed by atoms with Crippen molar-refractivity contribution in [3.63, 3.8) is 0 Å². The highest BCUT2D eigenvalue weighted by Crippen LogP contribution is 2.20. The maximum absolute atomic E-state index is 11.2. The highest BCUT2D eigenvalue weighted by Gasteiger charge is 2.11. The van der Waals surface area contributed by atoms with E-state index >= 15 is 0 Å². The summed E-state index contributed by atoms with van der Waals surface area (Å²) in [5.74, 6) is -0.168. The van der Waals surface area contributed by atoms with Crippen LogP contribution in [0.25, 0.3) is 0 Å². The van der Waals surface area contributed by atoms with E-state index in [4.69, 9.17) is 5.73 Å². The van der Waals surface area contributed by atoms with Gasteiger partial charge in [-0.3, -0.25) is 4.79 Å². The summed E-state index contributed by atoms with van der Waals surface area (Å²) in [4.78, 5) is 15.3. The minimum Gasteiger partial charge on any atom is -0.320 e. The molecule has 4 nitrogen and oxygen atoms in total. The van der Waals surface area contributed by atoms with Crippen LogP contribution in [0.4, 0.5) is 5.00 Å². The smallest absolute Gasteiger partial charge is 0.241 e. The average Bonchev–Trinajstić information content (AvgIpc) is 2.51. The van der Waals surface area contributed by atoms with Gasteiger partial charge >= 0.3 is 0 Å². The van der Waals surface area contributed by atoms with Gasteiger partial charge in [0.2, 0.25) is 5.91 Å². The molecule has 1 atom stereocenters. The van der Waals surface area contributed by atoms with Crippen LogP contribution in [0.2, 0.25) is 0 Å². The SMILES string of the molecule is CCc1ncsc1NC(=O)[C@@H](C)N.Cl. The molecule has 1 aromatic heterocycles. The molecule has 6 heteroatoms. The van der Waals surface area contributed by atoms with Gasteiger partial charge in [-0.1, -0.05) is 6.92 Å². The largest absolute Gasteiger partial charge is 0.320 e. The van der Waals surface area contributed by atoms with E-state index < -0.39 is 6.04 Å². The van der Waals surface area contributed by atoms with E-state index in [9.17, 15) is 4.79 Å². The second-order valence-corrected chi connectivity index (χ2v) is 3.61. The minimum atomic E-state index is -0.480. The first kappa shape index (κ1) is 13.4. The lowest BCUT2D eigenvalue weighted by molar-refractivity contribution is -0.117. The Kier molecular flexibility index (Phi) is 5.68. The number of nitrogens with two attached hydrogens (primary N) is 1. The van der Waals surface area contributed by atoms with Crippen molar-refractivity contribution in [1.29, 1.82) is 0 Å². The maximum Gasteiger partial charge on any atom is 0.241 e. The van der Waals surface area contributed by atoms with Gasteiger partial charge in [0.05, 0.1) is 17.2 Å². The summed E-state index contributed by atoms with van der Waals surface area (Å²) in [6, 6.07) is -0.480. The molecule has 3 N–H and O–H groups in total. The van der Waals surface area contributed by atoms with Crippen molar-refractivity contribution in [2.75, 3.05) is 5.32 Å². The molecule has 0 bridgehead atoms. The normalized spacial score (nSPS) is 11.6. The molecule has 0 unspecified atom stereocenters. The average molecular weight is 236 g/mol. The second-order valence-electron chi connectivity index (χ2n) is 2.76. The molecule has 0 saturated carbocycles. The number of hydrogen-bond acceptors (Lipinski definition) is 4. The molecule has 0 fully saturated rings. The molecule has 0 aliphatic rings. The molecule has 1 amide bonds. The molecule has 0 aliphatic carbocycles. The Morgan fingerprint density at radius 1 is 1.79 bits per heavy atom. The predicted molar refractivity (Wildman–Crippen MR) is 61.0 cm³/mol. The summed E-state index contributed by atoms with van der Waals surface area (Å²) in [7, 11) is 0. The topological polar surface area (TPSA) is 68.0 Å².